The minimum absolute atomic E-state index is 0.136. The number of aliphatic hydroxyl groups is 1. The molecule has 1 fully saturated rings. The molecule has 5 nitrogen and oxygen atoms in total. The lowest BCUT2D eigenvalue weighted by Crippen LogP contribution is -2.64. The second-order valence-electron chi connectivity index (χ2n) is 7.59. The van der Waals surface area contributed by atoms with Gasteiger partial charge >= 0.3 is 0 Å². The van der Waals surface area contributed by atoms with Crippen LogP contribution in [0.4, 0.5) is 0 Å². The third-order valence-electron chi connectivity index (χ3n) is 5.95. The molecule has 150 valence electrons. The molecule has 0 radical (unpaired) electrons. The Hall–Kier alpha value is -2.46. The van der Waals surface area contributed by atoms with Gasteiger partial charge < -0.3 is 5.11 Å². The summed E-state index contributed by atoms with van der Waals surface area (Å²) in [4.78, 5) is 0.136. The summed E-state index contributed by atoms with van der Waals surface area (Å²) in [6, 6.07) is 16.8. The van der Waals surface area contributed by atoms with E-state index in [1.54, 1.807) is 18.2 Å². The first-order valence-electron chi connectivity index (χ1n) is 9.96. The topological polar surface area (TPSA) is 81.4 Å². The van der Waals surface area contributed by atoms with Crippen molar-refractivity contribution in [1.29, 1.82) is 5.26 Å². The van der Waals surface area contributed by atoms with Gasteiger partial charge in [-0.25, -0.2) is 8.42 Å². The molecule has 3 atom stereocenters. The first kappa shape index (κ1) is 19.8. The maximum absolute atomic E-state index is 13.0. The fraction of sp³-hybridized carbons (Fsp3) is 0.348. The summed E-state index contributed by atoms with van der Waals surface area (Å²) in [5.41, 5.74) is 3.41. The van der Waals surface area contributed by atoms with Gasteiger partial charge in [0.2, 0.25) is 10.0 Å². The molecule has 0 aromatic heterocycles. The van der Waals surface area contributed by atoms with E-state index in [1.165, 1.54) is 36.1 Å². The lowest BCUT2D eigenvalue weighted by Gasteiger charge is -2.50. The van der Waals surface area contributed by atoms with Crippen LogP contribution in [0.15, 0.2) is 65.6 Å². The molecule has 1 heterocycles. The smallest absolute Gasteiger partial charge is 0.244 e. The number of rotatable bonds is 5. The molecule has 0 unspecified atom stereocenters. The Labute approximate surface area is 172 Å². The number of sulfonamides is 1. The van der Waals surface area contributed by atoms with E-state index in [1.807, 2.05) is 24.3 Å². The van der Waals surface area contributed by atoms with E-state index in [0.29, 0.717) is 0 Å². The normalized spacial score (nSPS) is 25.0. The summed E-state index contributed by atoms with van der Waals surface area (Å²) in [6.07, 6.45) is 6.90. The van der Waals surface area contributed by atoms with Crippen molar-refractivity contribution >= 4 is 15.6 Å². The van der Waals surface area contributed by atoms with Crippen LogP contribution in [0.1, 0.15) is 42.7 Å². The second kappa shape index (κ2) is 8.11. The summed E-state index contributed by atoms with van der Waals surface area (Å²) in [5.74, 6) is -0.349. The van der Waals surface area contributed by atoms with Gasteiger partial charge in [0.25, 0.3) is 0 Å². The third kappa shape index (κ3) is 3.51. The number of hydrogen-bond acceptors (Lipinski definition) is 4. The summed E-state index contributed by atoms with van der Waals surface area (Å²) < 4.78 is 27.3. The molecule has 2 aromatic rings. The van der Waals surface area contributed by atoms with Crippen LogP contribution >= 0.6 is 0 Å². The highest BCUT2D eigenvalue weighted by Gasteiger charge is 2.55. The minimum atomic E-state index is -3.85. The van der Waals surface area contributed by atoms with Crippen molar-refractivity contribution in [3.63, 3.8) is 0 Å². The molecular weight excluding hydrogens is 384 g/mol. The highest BCUT2D eigenvalue weighted by atomic mass is 32.2. The number of nitriles is 1. The summed E-state index contributed by atoms with van der Waals surface area (Å²) >= 11 is 0. The molecular formula is C23H24N2O3S. The third-order valence-corrected chi connectivity index (χ3v) is 7.87. The maximum atomic E-state index is 13.0. The molecule has 1 N–H and O–H groups in total. The van der Waals surface area contributed by atoms with E-state index in [0.717, 1.165) is 22.7 Å². The van der Waals surface area contributed by atoms with Gasteiger partial charge in [0.1, 0.15) is 6.04 Å². The fourth-order valence-corrected chi connectivity index (χ4v) is 6.21. The largest absolute Gasteiger partial charge is 0.395 e. The van der Waals surface area contributed by atoms with E-state index in [2.05, 4.69) is 12.1 Å². The molecule has 0 saturated carbocycles. The monoisotopic (exact) mass is 408 g/mol. The molecule has 1 saturated heterocycles. The van der Waals surface area contributed by atoms with Gasteiger partial charge in [-0.2, -0.15) is 9.57 Å². The van der Waals surface area contributed by atoms with Crippen molar-refractivity contribution < 1.29 is 13.5 Å². The van der Waals surface area contributed by atoms with E-state index >= 15 is 0 Å². The average Bonchev–Trinajstić information content (AvgIpc) is 2.75. The van der Waals surface area contributed by atoms with Crippen LogP contribution in [0.25, 0.3) is 5.57 Å². The first-order valence-corrected chi connectivity index (χ1v) is 11.4. The maximum Gasteiger partial charge on any atom is 0.244 e. The molecule has 2 aliphatic rings. The number of aliphatic hydroxyl groups excluding tert-OH is 1. The van der Waals surface area contributed by atoms with Gasteiger partial charge in [-0.15, -0.1) is 0 Å². The Morgan fingerprint density at radius 1 is 1.07 bits per heavy atom. The Morgan fingerprint density at radius 2 is 1.79 bits per heavy atom. The van der Waals surface area contributed by atoms with Gasteiger partial charge in [0, 0.05) is 5.92 Å². The van der Waals surface area contributed by atoms with Crippen LogP contribution in [0.2, 0.25) is 0 Å². The van der Waals surface area contributed by atoms with E-state index in [4.69, 9.17) is 0 Å². The van der Waals surface area contributed by atoms with Crippen molar-refractivity contribution in [1.82, 2.24) is 4.31 Å². The lowest BCUT2D eigenvalue weighted by atomic mass is 9.78. The van der Waals surface area contributed by atoms with Crippen LogP contribution < -0.4 is 0 Å². The Kier molecular flexibility index (Phi) is 5.55. The fourth-order valence-electron chi connectivity index (χ4n) is 4.43. The zero-order valence-electron chi connectivity index (χ0n) is 16.1. The summed E-state index contributed by atoms with van der Waals surface area (Å²) in [7, 11) is -3.85. The molecule has 1 aliphatic carbocycles. The SMILES string of the molecule is N#C[C@H]1[C@H](c2ccc(C3=CCCCC3)cc2)[C@@H](CO)N1S(=O)(=O)c1ccccc1. The Bertz CT molecular complexity index is 1040. The Balaban J connectivity index is 1.62. The van der Waals surface area contributed by atoms with Crippen molar-refractivity contribution in [2.45, 2.75) is 48.6 Å². The van der Waals surface area contributed by atoms with E-state index < -0.39 is 22.1 Å². The van der Waals surface area contributed by atoms with Gasteiger partial charge in [-0.1, -0.05) is 48.5 Å². The molecule has 4 rings (SSSR count). The quantitative estimate of drug-likeness (QED) is 0.818. The molecule has 0 bridgehead atoms. The highest BCUT2D eigenvalue weighted by molar-refractivity contribution is 7.89. The summed E-state index contributed by atoms with van der Waals surface area (Å²) in [5, 5.41) is 19.7. The molecule has 1 aliphatic heterocycles. The van der Waals surface area contributed by atoms with Gasteiger partial charge in [-0.3, -0.25) is 0 Å². The first-order chi connectivity index (χ1) is 14.1. The van der Waals surface area contributed by atoms with Crippen LogP contribution in [-0.2, 0) is 10.0 Å². The zero-order chi connectivity index (χ0) is 20.4. The van der Waals surface area contributed by atoms with Crippen molar-refractivity contribution in [2.24, 2.45) is 0 Å². The lowest BCUT2D eigenvalue weighted by molar-refractivity contribution is 0.0557. The zero-order valence-corrected chi connectivity index (χ0v) is 16.9. The van der Waals surface area contributed by atoms with Crippen molar-refractivity contribution in [3.05, 3.63) is 71.8 Å². The van der Waals surface area contributed by atoms with Gasteiger partial charge in [0.15, 0.2) is 0 Å². The van der Waals surface area contributed by atoms with Crippen LogP contribution in [-0.4, -0.2) is 36.5 Å². The number of hydrogen-bond donors (Lipinski definition) is 1. The predicted molar refractivity (Wildman–Crippen MR) is 111 cm³/mol. The van der Waals surface area contributed by atoms with Gasteiger partial charge in [-0.05, 0) is 54.5 Å². The van der Waals surface area contributed by atoms with Crippen molar-refractivity contribution in [2.75, 3.05) is 6.61 Å². The number of nitrogens with zero attached hydrogens (tertiary/aromatic N) is 2. The number of allylic oxidation sites excluding steroid dienone is 2. The predicted octanol–water partition coefficient (Wildman–Crippen LogP) is 3.69. The number of benzene rings is 2. The van der Waals surface area contributed by atoms with E-state index in [9.17, 15) is 18.8 Å². The minimum Gasteiger partial charge on any atom is -0.395 e. The molecule has 2 aromatic carbocycles. The van der Waals surface area contributed by atoms with Crippen molar-refractivity contribution in [3.8, 4) is 6.07 Å². The molecule has 0 spiro atoms. The van der Waals surface area contributed by atoms with Crippen LogP contribution in [0.3, 0.4) is 0 Å². The molecule has 29 heavy (non-hydrogen) atoms. The van der Waals surface area contributed by atoms with Crippen LogP contribution in [0.5, 0.6) is 0 Å². The average molecular weight is 409 g/mol. The summed E-state index contributed by atoms with van der Waals surface area (Å²) in [6.45, 7) is -0.332. The van der Waals surface area contributed by atoms with E-state index in [-0.39, 0.29) is 17.4 Å². The molecule has 6 heteroatoms. The Morgan fingerprint density at radius 3 is 2.38 bits per heavy atom. The second-order valence-corrected chi connectivity index (χ2v) is 9.44. The molecule has 0 amide bonds. The highest BCUT2D eigenvalue weighted by Crippen LogP contribution is 2.44. The standard InChI is InChI=1S/C23H24N2O3S/c24-15-21-23(19-13-11-18(12-14-19)17-7-3-1-4-8-17)22(16-26)25(21)29(27,28)20-9-5-2-6-10-20/h2,5-7,9-14,21-23,26H,1,3-4,8,16H2/t21-,22+,23-/m0/s1. The van der Waals surface area contributed by atoms with Crippen LogP contribution in [0, 0.1) is 11.3 Å². The van der Waals surface area contributed by atoms with Gasteiger partial charge in [0.05, 0.1) is 23.6 Å².